The minimum atomic E-state index is -2.57. The van der Waals surface area contributed by atoms with Crippen LogP contribution in [-0.4, -0.2) is 26.1 Å². The van der Waals surface area contributed by atoms with Crippen LogP contribution in [-0.2, 0) is 4.74 Å². The highest BCUT2D eigenvalue weighted by Crippen LogP contribution is 2.23. The zero-order valence-corrected chi connectivity index (χ0v) is 9.13. The largest absolute Gasteiger partial charge is 0.488 e. The Morgan fingerprint density at radius 3 is 2.75 bits per heavy atom. The van der Waals surface area contributed by atoms with Crippen molar-refractivity contribution in [3.63, 3.8) is 0 Å². The van der Waals surface area contributed by atoms with Crippen LogP contribution in [0, 0.1) is 0 Å². The molecule has 0 saturated heterocycles. The van der Waals surface area contributed by atoms with E-state index in [0.717, 1.165) is 0 Å². The maximum atomic E-state index is 11.9. The lowest BCUT2D eigenvalue weighted by atomic mass is 10.2. The van der Waals surface area contributed by atoms with Gasteiger partial charge in [-0.3, -0.25) is 0 Å². The number of alkyl halides is 2. The molecule has 0 unspecified atom stereocenters. The quantitative estimate of drug-likeness (QED) is 0.771. The number of benzene rings is 1. The lowest BCUT2D eigenvalue weighted by Gasteiger charge is -2.07. The van der Waals surface area contributed by atoms with Gasteiger partial charge in [0.1, 0.15) is 12.4 Å². The molecule has 1 aromatic carbocycles. The van der Waals surface area contributed by atoms with Crippen molar-refractivity contribution in [3.05, 3.63) is 28.8 Å². The summed E-state index contributed by atoms with van der Waals surface area (Å²) in [5, 5.41) is 0.177. The molecule has 16 heavy (non-hydrogen) atoms. The van der Waals surface area contributed by atoms with Gasteiger partial charge in [0.05, 0.1) is 17.7 Å². The number of rotatable bonds is 4. The Morgan fingerprint density at radius 2 is 2.19 bits per heavy atom. The predicted octanol–water partition coefficient (Wildman–Crippen LogP) is 2.77. The summed E-state index contributed by atoms with van der Waals surface area (Å²) in [6.45, 7) is -0.734. The Kier molecular flexibility index (Phi) is 4.49. The Hall–Kier alpha value is -1.36. The summed E-state index contributed by atoms with van der Waals surface area (Å²) in [6.07, 6.45) is -2.57. The average Bonchev–Trinajstić information content (AvgIpc) is 2.27. The third-order valence-corrected chi connectivity index (χ3v) is 2.05. The standard InChI is InChI=1S/C10H9ClF2O3/c1-15-10(14)7-4-6(2-3-8(7)11)16-5-9(12)13/h2-4,9H,5H2,1H3. The van der Waals surface area contributed by atoms with Crippen LogP contribution in [0.25, 0.3) is 0 Å². The molecule has 88 valence electrons. The summed E-state index contributed by atoms with van der Waals surface area (Å²) in [7, 11) is 1.20. The molecule has 0 saturated carbocycles. The predicted molar refractivity (Wildman–Crippen MR) is 54.3 cm³/mol. The first-order chi connectivity index (χ1) is 7.54. The highest BCUT2D eigenvalue weighted by molar-refractivity contribution is 6.33. The number of halogens is 3. The first-order valence-electron chi connectivity index (χ1n) is 4.33. The van der Waals surface area contributed by atoms with E-state index in [4.69, 9.17) is 16.3 Å². The minimum Gasteiger partial charge on any atom is -0.488 e. The molecule has 0 radical (unpaired) electrons. The van der Waals surface area contributed by atoms with E-state index in [0.29, 0.717) is 0 Å². The summed E-state index contributed by atoms with van der Waals surface area (Å²) in [5.74, 6) is -0.502. The van der Waals surface area contributed by atoms with Gasteiger partial charge in [-0.1, -0.05) is 11.6 Å². The second-order valence-corrected chi connectivity index (χ2v) is 3.24. The zero-order chi connectivity index (χ0) is 12.1. The molecule has 1 aromatic rings. The van der Waals surface area contributed by atoms with Gasteiger partial charge in [0.2, 0.25) is 0 Å². The molecule has 1 rings (SSSR count). The van der Waals surface area contributed by atoms with E-state index in [1.807, 2.05) is 0 Å². The van der Waals surface area contributed by atoms with E-state index < -0.39 is 19.0 Å². The first kappa shape index (κ1) is 12.7. The van der Waals surface area contributed by atoms with Crippen LogP contribution in [0.15, 0.2) is 18.2 Å². The van der Waals surface area contributed by atoms with E-state index in [-0.39, 0.29) is 16.3 Å². The molecule has 0 N–H and O–H groups in total. The second kappa shape index (κ2) is 5.65. The molecule has 0 aliphatic carbocycles. The fourth-order valence-electron chi connectivity index (χ4n) is 1.02. The average molecular weight is 251 g/mol. The van der Waals surface area contributed by atoms with Crippen LogP contribution in [0.4, 0.5) is 8.78 Å². The summed E-state index contributed by atoms with van der Waals surface area (Å²) in [6, 6.07) is 4.04. The van der Waals surface area contributed by atoms with Crippen LogP contribution in [0.1, 0.15) is 10.4 Å². The van der Waals surface area contributed by atoms with Gasteiger partial charge in [-0.15, -0.1) is 0 Å². The van der Waals surface area contributed by atoms with Gasteiger partial charge < -0.3 is 9.47 Å². The van der Waals surface area contributed by atoms with Crippen molar-refractivity contribution in [2.45, 2.75) is 6.43 Å². The van der Waals surface area contributed by atoms with Gasteiger partial charge in [-0.05, 0) is 18.2 Å². The maximum absolute atomic E-state index is 11.9. The highest BCUT2D eigenvalue weighted by atomic mass is 35.5. The molecule has 0 aliphatic rings. The van der Waals surface area contributed by atoms with Crippen molar-refractivity contribution in [2.24, 2.45) is 0 Å². The van der Waals surface area contributed by atoms with Crippen LogP contribution >= 0.6 is 11.6 Å². The Balaban J connectivity index is 2.85. The van der Waals surface area contributed by atoms with Gasteiger partial charge in [-0.25, -0.2) is 13.6 Å². The fraction of sp³-hybridized carbons (Fsp3) is 0.300. The van der Waals surface area contributed by atoms with Crippen molar-refractivity contribution >= 4 is 17.6 Å². The summed E-state index contributed by atoms with van der Waals surface area (Å²) in [5.41, 5.74) is 0.0796. The lowest BCUT2D eigenvalue weighted by molar-refractivity contribution is 0.0599. The van der Waals surface area contributed by atoms with Gasteiger partial charge in [0, 0.05) is 0 Å². The lowest BCUT2D eigenvalue weighted by Crippen LogP contribution is -2.08. The molecule has 6 heteroatoms. The number of ether oxygens (including phenoxy) is 2. The molecule has 0 atom stereocenters. The van der Waals surface area contributed by atoms with Crippen LogP contribution in [0.3, 0.4) is 0 Å². The smallest absolute Gasteiger partial charge is 0.339 e. The van der Waals surface area contributed by atoms with E-state index in [9.17, 15) is 13.6 Å². The summed E-state index contributed by atoms with van der Waals surface area (Å²) >= 11 is 5.73. The van der Waals surface area contributed by atoms with Crippen LogP contribution < -0.4 is 4.74 Å². The van der Waals surface area contributed by atoms with E-state index in [1.165, 1.54) is 25.3 Å². The Labute approximate surface area is 95.9 Å². The second-order valence-electron chi connectivity index (χ2n) is 2.84. The van der Waals surface area contributed by atoms with Gasteiger partial charge in [0.15, 0.2) is 0 Å². The maximum Gasteiger partial charge on any atom is 0.339 e. The first-order valence-corrected chi connectivity index (χ1v) is 4.71. The highest BCUT2D eigenvalue weighted by Gasteiger charge is 2.12. The molecular formula is C10H9ClF2O3. The van der Waals surface area contributed by atoms with Gasteiger partial charge in [0.25, 0.3) is 6.43 Å². The SMILES string of the molecule is COC(=O)c1cc(OCC(F)F)ccc1Cl. The summed E-state index contributed by atoms with van der Waals surface area (Å²) < 4.78 is 33.0. The van der Waals surface area contributed by atoms with Crippen molar-refractivity contribution in [3.8, 4) is 5.75 Å². The third-order valence-electron chi connectivity index (χ3n) is 1.72. The minimum absolute atomic E-state index is 0.0796. The third kappa shape index (κ3) is 3.34. The molecular weight excluding hydrogens is 242 g/mol. The molecule has 0 fully saturated rings. The molecule has 0 aromatic heterocycles. The van der Waals surface area contributed by atoms with Crippen LogP contribution in [0.5, 0.6) is 5.75 Å². The van der Waals surface area contributed by atoms with E-state index in [1.54, 1.807) is 0 Å². The van der Waals surface area contributed by atoms with Crippen molar-refractivity contribution in [1.82, 2.24) is 0 Å². The Bertz CT molecular complexity index is 382. The molecule has 0 bridgehead atoms. The van der Waals surface area contributed by atoms with E-state index >= 15 is 0 Å². The molecule has 0 aliphatic heterocycles. The van der Waals surface area contributed by atoms with E-state index in [2.05, 4.69) is 4.74 Å². The number of hydrogen-bond acceptors (Lipinski definition) is 3. The number of methoxy groups -OCH3 is 1. The van der Waals surface area contributed by atoms with Crippen molar-refractivity contribution in [2.75, 3.05) is 13.7 Å². The number of hydrogen-bond donors (Lipinski definition) is 0. The number of carbonyl (C=O) groups is 1. The topological polar surface area (TPSA) is 35.5 Å². The van der Waals surface area contributed by atoms with Crippen molar-refractivity contribution in [1.29, 1.82) is 0 Å². The number of carbonyl (C=O) groups excluding carboxylic acids is 1. The summed E-state index contributed by atoms with van der Waals surface area (Å²) in [4.78, 5) is 11.2. The number of esters is 1. The molecule has 0 heterocycles. The Morgan fingerprint density at radius 1 is 1.50 bits per heavy atom. The van der Waals surface area contributed by atoms with Crippen LogP contribution in [0.2, 0.25) is 5.02 Å². The zero-order valence-electron chi connectivity index (χ0n) is 8.38. The molecule has 0 spiro atoms. The fourth-order valence-corrected chi connectivity index (χ4v) is 1.21. The molecule has 0 amide bonds. The van der Waals surface area contributed by atoms with Gasteiger partial charge >= 0.3 is 5.97 Å². The molecule has 3 nitrogen and oxygen atoms in total. The monoisotopic (exact) mass is 250 g/mol. The van der Waals surface area contributed by atoms with Crippen molar-refractivity contribution < 1.29 is 23.0 Å². The normalized spacial score (nSPS) is 10.3. The van der Waals surface area contributed by atoms with Gasteiger partial charge in [-0.2, -0.15) is 0 Å².